The number of likely N-dealkylation sites (N-methyl/N-ethyl adjacent to an activating group) is 1. The Morgan fingerprint density at radius 3 is 2.61 bits per heavy atom. The second-order valence-corrected chi connectivity index (χ2v) is 10.0. The van der Waals surface area contributed by atoms with Gasteiger partial charge in [-0.2, -0.15) is 0 Å². The predicted molar refractivity (Wildman–Crippen MR) is 149 cm³/mol. The molecule has 220 valence electrons. The second kappa shape index (κ2) is 13.7. The number of aliphatic hydroxyl groups excluding tert-OH is 1. The first-order valence-electron chi connectivity index (χ1n) is 12.9. The monoisotopic (exact) mass is 571 g/mol. The van der Waals surface area contributed by atoms with Crippen LogP contribution < -0.4 is 16.2 Å². The standard InChI is InChI=1S/C27H34FN7O6/c1-15(2)11-20-24-23(17(28)12-29-20)32-21(33-24)13-35-16(14-36)9-10-19(26(35)39)30-25(38)18(31-27(40)41)7-5-6-8-22(37)34(3)4/h6,8-10,12,15,18,31,36H,5,7,11,13-14H2,1-4H3,(H,30,38)(H,32,33)(H,40,41)/b8-6+. The number of rotatable bonds is 12. The number of imidazole rings is 1. The lowest BCUT2D eigenvalue weighted by molar-refractivity contribution is -0.123. The molecular weight excluding hydrogens is 537 g/mol. The number of hydrogen-bond donors (Lipinski definition) is 5. The van der Waals surface area contributed by atoms with Crippen LogP contribution in [-0.2, 0) is 29.2 Å². The van der Waals surface area contributed by atoms with Crippen LogP contribution >= 0.6 is 0 Å². The van der Waals surface area contributed by atoms with Crippen LogP contribution in [0.1, 0.15) is 43.9 Å². The molecule has 3 amide bonds. The number of carbonyl (C=O) groups excluding carboxylic acids is 2. The second-order valence-electron chi connectivity index (χ2n) is 10.0. The lowest BCUT2D eigenvalue weighted by atomic mass is 10.1. The van der Waals surface area contributed by atoms with Gasteiger partial charge in [0.15, 0.2) is 5.82 Å². The third kappa shape index (κ3) is 7.97. The smallest absolute Gasteiger partial charge is 0.405 e. The summed E-state index contributed by atoms with van der Waals surface area (Å²) in [6.07, 6.45) is 3.31. The molecule has 3 aromatic rings. The van der Waals surface area contributed by atoms with E-state index >= 15 is 0 Å². The topological polar surface area (TPSA) is 183 Å². The molecule has 0 bridgehead atoms. The molecule has 3 rings (SSSR count). The number of aliphatic hydroxyl groups is 1. The summed E-state index contributed by atoms with van der Waals surface area (Å²) in [5.74, 6) is -1.18. The minimum absolute atomic E-state index is 0.0234. The van der Waals surface area contributed by atoms with Crippen molar-refractivity contribution in [3.63, 3.8) is 0 Å². The lowest BCUT2D eigenvalue weighted by Gasteiger charge is -2.17. The Balaban J connectivity index is 1.86. The molecule has 0 aliphatic heterocycles. The van der Waals surface area contributed by atoms with Gasteiger partial charge in [-0.05, 0) is 43.4 Å². The van der Waals surface area contributed by atoms with Gasteiger partial charge in [-0.25, -0.2) is 14.2 Å². The van der Waals surface area contributed by atoms with E-state index < -0.39 is 36.0 Å². The molecule has 0 saturated carbocycles. The Morgan fingerprint density at radius 1 is 1.24 bits per heavy atom. The van der Waals surface area contributed by atoms with E-state index in [9.17, 15) is 33.8 Å². The molecule has 0 spiro atoms. The van der Waals surface area contributed by atoms with Crippen molar-refractivity contribution in [1.29, 1.82) is 0 Å². The molecule has 0 aliphatic carbocycles. The van der Waals surface area contributed by atoms with Crippen LogP contribution in [0.3, 0.4) is 0 Å². The van der Waals surface area contributed by atoms with Crippen LogP contribution in [-0.4, -0.2) is 72.7 Å². The van der Waals surface area contributed by atoms with Crippen molar-refractivity contribution < 1.29 is 29.0 Å². The fraction of sp³-hybridized carbons (Fsp3) is 0.407. The van der Waals surface area contributed by atoms with Crippen molar-refractivity contribution in [2.24, 2.45) is 5.92 Å². The summed E-state index contributed by atoms with van der Waals surface area (Å²) < 4.78 is 15.6. The summed E-state index contributed by atoms with van der Waals surface area (Å²) in [4.78, 5) is 62.1. The fourth-order valence-electron chi connectivity index (χ4n) is 4.09. The van der Waals surface area contributed by atoms with Gasteiger partial charge in [-0.15, -0.1) is 0 Å². The van der Waals surface area contributed by atoms with Gasteiger partial charge in [0.2, 0.25) is 11.8 Å². The number of anilines is 1. The maximum absolute atomic E-state index is 14.5. The third-order valence-electron chi connectivity index (χ3n) is 6.13. The van der Waals surface area contributed by atoms with E-state index in [0.29, 0.717) is 17.6 Å². The number of pyridine rings is 2. The average molecular weight is 572 g/mol. The molecule has 0 saturated heterocycles. The maximum atomic E-state index is 14.5. The molecule has 0 aliphatic rings. The fourth-order valence-corrected chi connectivity index (χ4v) is 4.09. The maximum Gasteiger partial charge on any atom is 0.405 e. The van der Waals surface area contributed by atoms with E-state index in [0.717, 1.165) is 6.20 Å². The zero-order valence-corrected chi connectivity index (χ0v) is 23.3. The summed E-state index contributed by atoms with van der Waals surface area (Å²) in [5, 5.41) is 23.6. The van der Waals surface area contributed by atoms with E-state index in [2.05, 4.69) is 25.6 Å². The molecule has 14 heteroatoms. The highest BCUT2D eigenvalue weighted by molar-refractivity contribution is 5.96. The molecule has 13 nitrogen and oxygen atoms in total. The SMILES string of the molecule is CC(C)Cc1ncc(F)c2nc(Cn3c(CO)ccc(NC(=O)C(CC/C=C/C(=O)N(C)C)NC(=O)O)c3=O)[nH]c12. The van der Waals surface area contributed by atoms with E-state index in [1.807, 2.05) is 13.8 Å². The number of allylic oxidation sites excluding steroid dienone is 1. The third-order valence-corrected chi connectivity index (χ3v) is 6.13. The number of carbonyl (C=O) groups is 3. The molecule has 0 aromatic carbocycles. The Kier molecular flexibility index (Phi) is 10.3. The molecule has 0 radical (unpaired) electrons. The van der Waals surface area contributed by atoms with Gasteiger partial charge in [-0.3, -0.25) is 19.4 Å². The quantitative estimate of drug-likeness (QED) is 0.205. The van der Waals surface area contributed by atoms with Crippen molar-refractivity contribution in [3.8, 4) is 0 Å². The lowest BCUT2D eigenvalue weighted by Crippen LogP contribution is -2.44. The van der Waals surface area contributed by atoms with Gasteiger partial charge in [0.05, 0.1) is 30.6 Å². The molecule has 41 heavy (non-hydrogen) atoms. The normalized spacial score (nSPS) is 12.2. The van der Waals surface area contributed by atoms with E-state index in [4.69, 9.17) is 0 Å². The number of amides is 3. The average Bonchev–Trinajstić information content (AvgIpc) is 3.34. The van der Waals surface area contributed by atoms with E-state index in [-0.39, 0.29) is 53.9 Å². The Bertz CT molecular complexity index is 1510. The van der Waals surface area contributed by atoms with Gasteiger partial charge >= 0.3 is 6.09 Å². The number of aromatic nitrogens is 4. The van der Waals surface area contributed by atoms with Gasteiger partial charge in [-0.1, -0.05) is 19.9 Å². The van der Waals surface area contributed by atoms with Crippen molar-refractivity contribution in [1.82, 2.24) is 29.7 Å². The first-order valence-corrected chi connectivity index (χ1v) is 12.9. The van der Waals surface area contributed by atoms with Crippen LogP contribution in [0, 0.1) is 11.7 Å². The summed E-state index contributed by atoms with van der Waals surface area (Å²) in [6.45, 7) is 3.33. The summed E-state index contributed by atoms with van der Waals surface area (Å²) in [7, 11) is 3.16. The van der Waals surface area contributed by atoms with E-state index in [1.165, 1.54) is 33.8 Å². The highest BCUT2D eigenvalue weighted by Crippen LogP contribution is 2.21. The van der Waals surface area contributed by atoms with Crippen LogP contribution in [0.25, 0.3) is 11.0 Å². The van der Waals surface area contributed by atoms with E-state index in [1.54, 1.807) is 14.1 Å². The first-order chi connectivity index (χ1) is 19.4. The summed E-state index contributed by atoms with van der Waals surface area (Å²) in [6, 6.07) is 1.52. The van der Waals surface area contributed by atoms with Crippen molar-refractivity contribution >= 4 is 34.6 Å². The van der Waals surface area contributed by atoms with Crippen LogP contribution in [0.2, 0.25) is 0 Å². The van der Waals surface area contributed by atoms with Gasteiger partial charge in [0.25, 0.3) is 5.56 Å². The molecule has 1 unspecified atom stereocenters. The molecule has 1 atom stereocenters. The first kappa shape index (κ1) is 30.9. The highest BCUT2D eigenvalue weighted by Gasteiger charge is 2.22. The molecule has 3 aromatic heterocycles. The predicted octanol–water partition coefficient (Wildman–Crippen LogP) is 2.00. The molecule has 5 N–H and O–H groups in total. The van der Waals surface area contributed by atoms with Crippen LogP contribution in [0.5, 0.6) is 0 Å². The summed E-state index contributed by atoms with van der Waals surface area (Å²) in [5.41, 5.74) is 0.497. The zero-order chi connectivity index (χ0) is 30.3. The molecular formula is C27H34FN7O6. The minimum Gasteiger partial charge on any atom is -0.465 e. The Labute approximate surface area is 235 Å². The summed E-state index contributed by atoms with van der Waals surface area (Å²) >= 11 is 0. The number of hydrogen-bond acceptors (Lipinski definition) is 7. The highest BCUT2D eigenvalue weighted by atomic mass is 19.1. The van der Waals surface area contributed by atoms with Gasteiger partial charge in [0.1, 0.15) is 23.1 Å². The largest absolute Gasteiger partial charge is 0.465 e. The minimum atomic E-state index is -1.44. The number of nitrogens with zero attached hydrogens (tertiary/aromatic N) is 4. The van der Waals surface area contributed by atoms with Gasteiger partial charge in [0, 0.05) is 19.8 Å². The van der Waals surface area contributed by atoms with Crippen molar-refractivity contribution in [2.45, 2.75) is 52.3 Å². The Hall–Kier alpha value is -4.59. The number of H-pyrrole nitrogens is 1. The van der Waals surface area contributed by atoms with Crippen LogP contribution in [0.4, 0.5) is 14.9 Å². The molecule has 0 fully saturated rings. The number of aromatic amines is 1. The zero-order valence-electron chi connectivity index (χ0n) is 23.3. The van der Waals surface area contributed by atoms with Crippen molar-refractivity contribution in [2.75, 3.05) is 19.4 Å². The number of carboxylic acid groups (broad SMARTS) is 1. The van der Waals surface area contributed by atoms with Gasteiger partial charge < -0.3 is 35.3 Å². The number of halogens is 1. The number of fused-ring (bicyclic) bond motifs is 1. The van der Waals surface area contributed by atoms with Crippen LogP contribution in [0.15, 0.2) is 35.3 Å². The Morgan fingerprint density at radius 2 is 1.98 bits per heavy atom. The molecule has 3 heterocycles. The number of nitrogens with one attached hydrogen (secondary N) is 3. The van der Waals surface area contributed by atoms with Crippen molar-refractivity contribution in [3.05, 3.63) is 63.9 Å².